The fourth-order valence-electron chi connectivity index (χ4n) is 12.6. The van der Waals surface area contributed by atoms with Crippen LogP contribution in [0, 0.1) is 0 Å². The van der Waals surface area contributed by atoms with Crippen molar-refractivity contribution in [2.75, 3.05) is 4.90 Å². The van der Waals surface area contributed by atoms with Crippen LogP contribution in [-0.4, -0.2) is 0 Å². The number of benzene rings is 11. The molecule has 0 heterocycles. The van der Waals surface area contributed by atoms with Crippen LogP contribution < -0.4 is 4.90 Å². The second kappa shape index (κ2) is 15.4. The van der Waals surface area contributed by atoms with Gasteiger partial charge in [-0.1, -0.05) is 243 Å². The summed E-state index contributed by atoms with van der Waals surface area (Å²) in [6.07, 6.45) is 0. The lowest BCUT2D eigenvalue weighted by Crippen LogP contribution is -2.28. The maximum Gasteiger partial charge on any atom is 0.0726 e. The molecule has 0 amide bonds. The van der Waals surface area contributed by atoms with Gasteiger partial charge >= 0.3 is 0 Å². The van der Waals surface area contributed by atoms with Crippen molar-refractivity contribution >= 4 is 17.1 Å². The smallest absolute Gasteiger partial charge is 0.0726 e. The van der Waals surface area contributed by atoms with Crippen LogP contribution in [0.3, 0.4) is 0 Å². The molecule has 1 nitrogen and oxygen atoms in total. The third-order valence-electron chi connectivity index (χ3n) is 15.4. The summed E-state index contributed by atoms with van der Waals surface area (Å²) in [6.45, 7) is 0. The highest BCUT2D eigenvalue weighted by molar-refractivity contribution is 6.02. The van der Waals surface area contributed by atoms with E-state index in [1.54, 1.807) is 0 Å². The predicted molar refractivity (Wildman–Crippen MR) is 286 cm³/mol. The lowest BCUT2D eigenvalue weighted by atomic mass is 9.68. The fourth-order valence-corrected chi connectivity index (χ4v) is 12.6. The average molecular weight is 876 g/mol. The van der Waals surface area contributed by atoms with Gasteiger partial charge < -0.3 is 4.90 Å². The second-order valence-electron chi connectivity index (χ2n) is 18.7. The minimum absolute atomic E-state index is 0.460. The van der Waals surface area contributed by atoms with Crippen LogP contribution in [0.15, 0.2) is 273 Å². The Morgan fingerprint density at radius 2 is 0.609 bits per heavy atom. The van der Waals surface area contributed by atoms with Gasteiger partial charge in [0.15, 0.2) is 0 Å². The maximum absolute atomic E-state index is 2.53. The molecule has 0 aliphatic heterocycles. The lowest BCUT2D eigenvalue weighted by molar-refractivity contribution is 0.768. The number of hydrogen-bond donors (Lipinski definition) is 0. The van der Waals surface area contributed by atoms with E-state index in [2.05, 4.69) is 278 Å². The summed E-state index contributed by atoms with van der Waals surface area (Å²) in [5, 5.41) is 0. The molecule has 11 aromatic carbocycles. The van der Waals surface area contributed by atoms with Gasteiger partial charge in [0.05, 0.1) is 16.5 Å². The quantitative estimate of drug-likeness (QED) is 0.154. The van der Waals surface area contributed by atoms with Gasteiger partial charge in [-0.3, -0.25) is 0 Å². The molecule has 1 heteroatoms. The molecule has 3 aliphatic carbocycles. The zero-order valence-corrected chi connectivity index (χ0v) is 37.9. The molecule has 11 aromatic rings. The molecule has 0 atom stereocenters. The fraction of sp³-hybridized carbons (Fsp3) is 0.0294. The molecule has 0 fully saturated rings. The molecular formula is C68H45N. The zero-order valence-electron chi connectivity index (χ0n) is 37.9. The topological polar surface area (TPSA) is 3.24 Å². The van der Waals surface area contributed by atoms with Gasteiger partial charge in [-0.15, -0.1) is 0 Å². The van der Waals surface area contributed by atoms with Crippen LogP contribution >= 0.6 is 0 Å². The third-order valence-corrected chi connectivity index (χ3v) is 15.4. The minimum Gasteiger partial charge on any atom is -0.310 e. The van der Waals surface area contributed by atoms with Gasteiger partial charge in [-0.25, -0.2) is 0 Å². The van der Waals surface area contributed by atoms with Crippen molar-refractivity contribution in [1.82, 2.24) is 0 Å². The Balaban J connectivity index is 1.00. The van der Waals surface area contributed by atoms with E-state index in [-0.39, 0.29) is 0 Å². The third kappa shape index (κ3) is 5.59. The average Bonchev–Trinajstić information content (AvgIpc) is 4.02. The number of hydrogen-bond acceptors (Lipinski definition) is 1. The molecule has 1 spiro atoms. The van der Waals surface area contributed by atoms with E-state index in [9.17, 15) is 0 Å². The summed E-state index contributed by atoms with van der Waals surface area (Å²) in [6, 6.07) is 102. The maximum atomic E-state index is 2.53. The van der Waals surface area contributed by atoms with Crippen molar-refractivity contribution in [3.05, 3.63) is 317 Å². The molecule has 0 aromatic heterocycles. The Hall–Kier alpha value is -8.78. The van der Waals surface area contributed by atoms with E-state index in [0.717, 1.165) is 17.1 Å². The number of nitrogens with zero attached hydrogens (tertiary/aromatic N) is 1. The SMILES string of the molecule is c1ccc(-c2ccc(-c3ccc(N(c4ccc5c(c4)-c4ccccc4C5(c4ccccc4)c4ccccc4)c4cccc5c4-c4ccccc4C54c5ccccc5-c5ccccc54)cc3)cc2)cc1. The Morgan fingerprint density at radius 3 is 1.16 bits per heavy atom. The summed E-state index contributed by atoms with van der Waals surface area (Å²) in [5.74, 6) is 0. The van der Waals surface area contributed by atoms with Crippen molar-refractivity contribution < 1.29 is 0 Å². The summed E-state index contributed by atoms with van der Waals surface area (Å²) in [5.41, 5.74) is 25.3. The largest absolute Gasteiger partial charge is 0.310 e. The summed E-state index contributed by atoms with van der Waals surface area (Å²) in [4.78, 5) is 2.53. The monoisotopic (exact) mass is 875 g/mol. The molecule has 14 rings (SSSR count). The van der Waals surface area contributed by atoms with Gasteiger partial charge in [0.25, 0.3) is 0 Å². The van der Waals surface area contributed by atoms with Crippen molar-refractivity contribution in [1.29, 1.82) is 0 Å². The molecule has 0 bridgehead atoms. The summed E-state index contributed by atoms with van der Waals surface area (Å²) < 4.78 is 0. The highest BCUT2D eigenvalue weighted by Crippen LogP contribution is 2.65. The van der Waals surface area contributed by atoms with Crippen LogP contribution in [0.2, 0.25) is 0 Å². The van der Waals surface area contributed by atoms with Crippen molar-refractivity contribution in [2.24, 2.45) is 0 Å². The highest BCUT2D eigenvalue weighted by atomic mass is 15.1. The van der Waals surface area contributed by atoms with E-state index in [1.807, 2.05) is 0 Å². The van der Waals surface area contributed by atoms with Gasteiger partial charge in [-0.2, -0.15) is 0 Å². The van der Waals surface area contributed by atoms with Gasteiger partial charge in [0.1, 0.15) is 0 Å². The minimum atomic E-state index is -0.488. The van der Waals surface area contributed by atoms with Crippen molar-refractivity contribution in [3.63, 3.8) is 0 Å². The lowest BCUT2D eigenvalue weighted by Gasteiger charge is -2.34. The summed E-state index contributed by atoms with van der Waals surface area (Å²) in [7, 11) is 0. The van der Waals surface area contributed by atoms with Gasteiger partial charge in [0, 0.05) is 16.9 Å². The number of fused-ring (bicyclic) bond motifs is 13. The van der Waals surface area contributed by atoms with Crippen molar-refractivity contribution in [3.8, 4) is 55.6 Å². The van der Waals surface area contributed by atoms with E-state index < -0.39 is 10.8 Å². The Kier molecular flexibility index (Phi) is 8.78. The molecule has 0 unspecified atom stereocenters. The first kappa shape index (κ1) is 39.4. The first-order chi connectivity index (χ1) is 34.2. The molecule has 69 heavy (non-hydrogen) atoms. The van der Waals surface area contributed by atoms with Crippen LogP contribution in [0.1, 0.15) is 44.5 Å². The first-order valence-electron chi connectivity index (χ1n) is 24.1. The van der Waals surface area contributed by atoms with Gasteiger partial charge in [-0.05, 0) is 125 Å². The van der Waals surface area contributed by atoms with E-state index in [4.69, 9.17) is 0 Å². The normalized spacial score (nSPS) is 13.7. The second-order valence-corrected chi connectivity index (χ2v) is 18.7. The van der Waals surface area contributed by atoms with Crippen LogP contribution in [0.25, 0.3) is 55.6 Å². The first-order valence-corrected chi connectivity index (χ1v) is 24.1. The van der Waals surface area contributed by atoms with E-state index in [1.165, 1.54) is 100 Å². The van der Waals surface area contributed by atoms with Gasteiger partial charge in [0.2, 0.25) is 0 Å². The Morgan fingerprint density at radius 1 is 0.232 bits per heavy atom. The van der Waals surface area contributed by atoms with Crippen LogP contribution in [0.4, 0.5) is 17.1 Å². The summed E-state index contributed by atoms with van der Waals surface area (Å²) >= 11 is 0. The number of rotatable bonds is 7. The number of anilines is 3. The van der Waals surface area contributed by atoms with Crippen molar-refractivity contribution in [2.45, 2.75) is 10.8 Å². The van der Waals surface area contributed by atoms with E-state index >= 15 is 0 Å². The van der Waals surface area contributed by atoms with Crippen LogP contribution in [-0.2, 0) is 10.8 Å². The molecular weight excluding hydrogens is 831 g/mol. The Labute approximate surface area is 403 Å². The van der Waals surface area contributed by atoms with Crippen LogP contribution in [0.5, 0.6) is 0 Å². The predicted octanol–water partition coefficient (Wildman–Crippen LogP) is 17.2. The molecule has 0 saturated heterocycles. The molecule has 0 N–H and O–H groups in total. The molecule has 3 aliphatic rings. The molecule has 0 saturated carbocycles. The Bertz CT molecular complexity index is 3670. The molecule has 322 valence electrons. The van der Waals surface area contributed by atoms with E-state index in [0.29, 0.717) is 0 Å². The standard InChI is InChI=1S/C68H45N/c1-4-19-46(20-5-1)47-35-37-48(38-36-47)49-39-41-52(42-40-49)69(53-43-44-63-58(45-53)56-27-12-14-29-59(56)67(63,50-21-6-2-7-22-50)51-23-8-3-9-24-51)65-34-18-33-64-66(65)57-28-13-17-32-62(57)68(64)60-30-15-10-25-54(60)55-26-11-16-31-61(55)68/h1-45H. The highest BCUT2D eigenvalue weighted by Gasteiger charge is 2.52. The molecule has 0 radical (unpaired) electrons. The zero-order chi connectivity index (χ0) is 45.5.